The fourth-order valence-corrected chi connectivity index (χ4v) is 8.38. The van der Waals surface area contributed by atoms with Gasteiger partial charge in [0, 0.05) is 23.6 Å². The number of benzene rings is 2. The van der Waals surface area contributed by atoms with Crippen LogP contribution in [0.15, 0.2) is 50.9 Å². The van der Waals surface area contributed by atoms with E-state index in [1.54, 1.807) is 18.2 Å². The summed E-state index contributed by atoms with van der Waals surface area (Å²) >= 11 is 2.55. The molecule has 0 bridgehead atoms. The first kappa shape index (κ1) is 27.2. The summed E-state index contributed by atoms with van der Waals surface area (Å²) in [5.41, 5.74) is 0.726. The topological polar surface area (TPSA) is 156 Å². The van der Waals surface area contributed by atoms with Crippen molar-refractivity contribution in [2.75, 3.05) is 11.4 Å². The lowest BCUT2D eigenvalue weighted by Gasteiger charge is -2.22. The van der Waals surface area contributed by atoms with Gasteiger partial charge in [-0.1, -0.05) is 23.1 Å². The minimum absolute atomic E-state index is 0.0348. The molecule has 1 aliphatic heterocycles. The van der Waals surface area contributed by atoms with E-state index in [1.165, 1.54) is 53.4 Å². The maximum absolute atomic E-state index is 13.0. The van der Waals surface area contributed by atoms with Crippen LogP contribution >= 0.6 is 38.3 Å². The standard InChI is InChI=1S/C24H22N2O8P2S2/c1-3-25-17-7-5-13(35(29,30)31)9-19(17)37-21(25)11-15-23(27)16(24(15)28)12-22-26(4-2)18-8-6-14(36(32,33)34)10-20(18)38-22/h5-12,21H,3-4H2,1-2H3,(H3-,29,30,31,32,33,34)/p+1. The zero-order chi connectivity index (χ0) is 27.6. The minimum Gasteiger partial charge on any atom is -0.355 e. The first-order valence-corrected chi connectivity index (χ1v) is 16.4. The van der Waals surface area contributed by atoms with E-state index < -0.39 is 26.0 Å². The Balaban J connectivity index is 1.54. The van der Waals surface area contributed by atoms with E-state index in [1.807, 2.05) is 23.3 Å². The van der Waals surface area contributed by atoms with E-state index in [9.17, 15) is 38.3 Å². The monoisotopic (exact) mass is 593 g/mol. The predicted molar refractivity (Wildman–Crippen MR) is 149 cm³/mol. The van der Waals surface area contributed by atoms with Crippen molar-refractivity contribution in [3.05, 3.63) is 72.3 Å². The van der Waals surface area contributed by atoms with Crippen LogP contribution in [0.3, 0.4) is 0 Å². The number of thioether (sulfide) groups is 1. The molecule has 1 aromatic heterocycles. The zero-order valence-electron chi connectivity index (χ0n) is 20.1. The number of rotatable bonds is 6. The first-order chi connectivity index (χ1) is 17.8. The molecule has 4 N–H and O–H groups in total. The fraction of sp³-hybridized carbons (Fsp3) is 0.208. The highest BCUT2D eigenvalue weighted by atomic mass is 32.2. The van der Waals surface area contributed by atoms with Crippen LogP contribution < -0.4 is 41.4 Å². The van der Waals surface area contributed by atoms with Crippen LogP contribution in [0.5, 0.6) is 0 Å². The third-order valence-corrected chi connectivity index (χ3v) is 10.6. The summed E-state index contributed by atoms with van der Waals surface area (Å²) in [6, 6.07) is 8.89. The van der Waals surface area contributed by atoms with Crippen molar-refractivity contribution < 1.29 is 33.3 Å². The highest BCUT2D eigenvalue weighted by Gasteiger charge is 2.31. The van der Waals surface area contributed by atoms with E-state index in [0.717, 1.165) is 11.2 Å². The fourth-order valence-electron chi connectivity index (χ4n) is 4.51. The number of nitrogens with zero attached hydrogens (tertiary/aromatic N) is 2. The molecule has 14 heteroatoms. The second-order valence-electron chi connectivity index (χ2n) is 8.67. The van der Waals surface area contributed by atoms with Crippen LogP contribution in [-0.2, 0) is 15.7 Å². The Labute approximate surface area is 224 Å². The van der Waals surface area contributed by atoms with Crippen molar-refractivity contribution in [1.29, 1.82) is 0 Å². The summed E-state index contributed by atoms with van der Waals surface area (Å²) in [5, 5.41) is 0.134. The van der Waals surface area contributed by atoms with Gasteiger partial charge >= 0.3 is 15.2 Å². The second kappa shape index (κ2) is 9.66. The predicted octanol–water partition coefficient (Wildman–Crippen LogP) is -0.0217. The zero-order valence-corrected chi connectivity index (χ0v) is 23.6. The summed E-state index contributed by atoms with van der Waals surface area (Å²) in [6.07, 6.45) is 3.12. The molecular formula is C24H23N2O8P2S2+. The van der Waals surface area contributed by atoms with Crippen molar-refractivity contribution in [3.8, 4) is 0 Å². The van der Waals surface area contributed by atoms with E-state index in [0.29, 0.717) is 27.7 Å². The molecule has 3 aromatic carbocycles. The molecule has 5 rings (SSSR count). The molecule has 0 aliphatic carbocycles. The van der Waals surface area contributed by atoms with Crippen molar-refractivity contribution in [1.82, 2.24) is 0 Å². The number of thiazole rings is 1. The normalized spacial score (nSPS) is 15.8. The summed E-state index contributed by atoms with van der Waals surface area (Å²) in [5.74, 6) is 0. The third kappa shape index (κ3) is 4.65. The molecule has 10 nitrogen and oxygen atoms in total. The van der Waals surface area contributed by atoms with Crippen LogP contribution in [0.25, 0.3) is 22.4 Å². The quantitative estimate of drug-likeness (QED) is 0.177. The van der Waals surface area contributed by atoms with Gasteiger partial charge in [0.1, 0.15) is 11.2 Å². The SMILES string of the molecule is CCN1c2ccc(P(=O)(O)O)cc2SC1C=c1c(=O)c(=Cc2sc3cc(P(=O)(O)O)ccc3[n+]2CC)c1=O. The largest absolute Gasteiger partial charge is 0.356 e. The van der Waals surface area contributed by atoms with Crippen LogP contribution in [0.4, 0.5) is 5.69 Å². The van der Waals surface area contributed by atoms with Gasteiger partial charge in [-0.15, -0.1) is 0 Å². The lowest BCUT2D eigenvalue weighted by Crippen LogP contribution is -2.65. The summed E-state index contributed by atoms with van der Waals surface area (Å²) in [4.78, 5) is 66.6. The molecule has 198 valence electrons. The summed E-state index contributed by atoms with van der Waals surface area (Å²) in [7, 11) is -8.83. The van der Waals surface area contributed by atoms with Crippen LogP contribution in [0.1, 0.15) is 18.9 Å². The van der Waals surface area contributed by atoms with Gasteiger partial charge < -0.3 is 24.5 Å². The van der Waals surface area contributed by atoms with Crippen LogP contribution in [0, 0.1) is 0 Å². The van der Waals surface area contributed by atoms with Crippen LogP contribution in [0.2, 0.25) is 0 Å². The summed E-state index contributed by atoms with van der Waals surface area (Å²) in [6.45, 7) is 4.89. The average Bonchev–Trinajstić information content (AvgIpc) is 3.40. The molecule has 4 aromatic rings. The van der Waals surface area contributed by atoms with Gasteiger partial charge in [0.2, 0.25) is 16.4 Å². The van der Waals surface area contributed by atoms with Crippen molar-refractivity contribution in [2.24, 2.45) is 0 Å². The van der Waals surface area contributed by atoms with Crippen molar-refractivity contribution in [2.45, 2.75) is 30.7 Å². The maximum atomic E-state index is 13.0. The van der Waals surface area contributed by atoms with Gasteiger partial charge in [-0.25, -0.2) is 0 Å². The number of hydrogen-bond acceptors (Lipinski definition) is 7. The molecule has 2 heterocycles. The highest BCUT2D eigenvalue weighted by molar-refractivity contribution is 8.01. The smallest absolute Gasteiger partial charge is 0.355 e. The Morgan fingerprint density at radius 3 is 2.18 bits per heavy atom. The number of fused-ring (bicyclic) bond motifs is 2. The highest BCUT2D eigenvalue weighted by Crippen LogP contribution is 2.45. The Hall–Kier alpha value is -2.40. The molecule has 0 radical (unpaired) electrons. The third-order valence-electron chi connectivity index (χ3n) is 6.41. The molecule has 1 aliphatic rings. The molecule has 1 unspecified atom stereocenters. The first-order valence-electron chi connectivity index (χ1n) is 11.5. The molecule has 0 saturated carbocycles. The number of anilines is 1. The van der Waals surface area contributed by atoms with Crippen molar-refractivity contribution >= 4 is 77.0 Å². The molecule has 1 atom stereocenters. The van der Waals surface area contributed by atoms with Gasteiger partial charge in [0.05, 0.1) is 32.1 Å². The Bertz CT molecular complexity index is 1870. The number of aryl methyl sites for hydroxylation is 1. The minimum atomic E-state index is -4.42. The molecule has 0 amide bonds. The van der Waals surface area contributed by atoms with Crippen LogP contribution in [-0.4, -0.2) is 31.5 Å². The molecule has 0 saturated heterocycles. The average molecular weight is 594 g/mol. The van der Waals surface area contributed by atoms with Gasteiger partial charge in [-0.3, -0.25) is 18.7 Å². The Morgan fingerprint density at radius 1 is 0.947 bits per heavy atom. The van der Waals surface area contributed by atoms with E-state index in [2.05, 4.69) is 0 Å². The molecule has 0 spiro atoms. The maximum Gasteiger partial charge on any atom is 0.356 e. The van der Waals surface area contributed by atoms with Crippen molar-refractivity contribution in [3.63, 3.8) is 0 Å². The Kier molecular flexibility index (Phi) is 6.91. The lowest BCUT2D eigenvalue weighted by atomic mass is 10.1. The van der Waals surface area contributed by atoms with Gasteiger partial charge in [-0.2, -0.15) is 4.57 Å². The molecular weight excluding hydrogens is 570 g/mol. The van der Waals surface area contributed by atoms with E-state index >= 15 is 0 Å². The van der Waals surface area contributed by atoms with E-state index in [4.69, 9.17) is 0 Å². The number of hydrogen-bond donors (Lipinski definition) is 4. The number of aromatic nitrogens is 1. The second-order valence-corrected chi connectivity index (χ2v) is 14.1. The van der Waals surface area contributed by atoms with Gasteiger partial charge in [-0.05, 0) is 50.3 Å². The summed E-state index contributed by atoms with van der Waals surface area (Å²) < 4.78 is 25.8. The molecule has 38 heavy (non-hydrogen) atoms. The van der Waals surface area contributed by atoms with E-state index in [-0.39, 0.29) is 26.4 Å². The lowest BCUT2D eigenvalue weighted by molar-refractivity contribution is -0.665. The Morgan fingerprint density at radius 2 is 1.58 bits per heavy atom. The van der Waals surface area contributed by atoms with Gasteiger partial charge in [0.15, 0.2) is 0 Å². The molecule has 0 fully saturated rings. The van der Waals surface area contributed by atoms with Gasteiger partial charge in [0.25, 0.3) is 5.01 Å².